The Labute approximate surface area is 189 Å². The largest absolute Gasteiger partial charge is 0.280 e. The van der Waals surface area contributed by atoms with Crippen molar-refractivity contribution in [1.82, 2.24) is 0 Å². The highest BCUT2D eigenvalue weighted by atomic mass is 14.8. The van der Waals surface area contributed by atoms with Gasteiger partial charge in [0, 0.05) is 6.42 Å². The van der Waals surface area contributed by atoms with Crippen molar-refractivity contribution in [3.63, 3.8) is 0 Å². The molecule has 0 aliphatic carbocycles. The summed E-state index contributed by atoms with van der Waals surface area (Å²) in [6.07, 6.45) is 7.24. The Hall–Kier alpha value is -3.18. The Morgan fingerprint density at radius 1 is 0.935 bits per heavy atom. The lowest BCUT2D eigenvalue weighted by molar-refractivity contribution is 0.690. The second-order valence-corrected chi connectivity index (χ2v) is 7.14. The average molecular weight is 413 g/mol. The average Bonchev–Trinajstić information content (AvgIpc) is 3.32. The third kappa shape index (κ3) is 8.22. The van der Waals surface area contributed by atoms with Gasteiger partial charge in [0.05, 0.1) is 18.3 Å². The Balaban J connectivity index is 0.00000113. The van der Waals surface area contributed by atoms with Gasteiger partial charge in [0.15, 0.2) is 0 Å². The predicted octanol–water partition coefficient (Wildman–Crippen LogP) is 8.06. The molecule has 0 saturated carbocycles. The molecule has 2 heteroatoms. The molecule has 2 aromatic rings. The molecule has 1 aliphatic heterocycles. The first-order valence-electron chi connectivity index (χ1n) is 11.1. The number of unbranched alkanes of at least 4 members (excludes halogenated alkanes) is 3. The Morgan fingerprint density at radius 3 is 2.13 bits per heavy atom. The quantitative estimate of drug-likeness (QED) is 0.319. The van der Waals surface area contributed by atoms with E-state index in [2.05, 4.69) is 80.4 Å². The predicted molar refractivity (Wildman–Crippen MR) is 137 cm³/mol. The van der Waals surface area contributed by atoms with Gasteiger partial charge in [0.25, 0.3) is 0 Å². The van der Waals surface area contributed by atoms with Crippen molar-refractivity contribution in [3.8, 4) is 6.07 Å². The number of aliphatic imine (C=N–C) groups is 1. The molecular weight excluding hydrogens is 376 g/mol. The van der Waals surface area contributed by atoms with Crippen molar-refractivity contribution in [2.45, 2.75) is 52.9 Å². The third-order valence-electron chi connectivity index (χ3n) is 4.98. The molecule has 0 unspecified atom stereocenters. The number of allylic oxidation sites excluding steroid dienone is 2. The van der Waals surface area contributed by atoms with E-state index in [0.717, 1.165) is 49.1 Å². The second kappa shape index (κ2) is 14.7. The van der Waals surface area contributed by atoms with Crippen molar-refractivity contribution < 1.29 is 0 Å². The Bertz CT molecular complexity index is 907. The number of rotatable bonds is 8. The zero-order chi connectivity index (χ0) is 23.1. The van der Waals surface area contributed by atoms with Crippen LogP contribution in [0.3, 0.4) is 0 Å². The molecule has 0 radical (unpaired) electrons. The first kappa shape index (κ1) is 25.9. The highest BCUT2D eigenvalue weighted by Gasteiger charge is 2.12. The molecule has 0 aromatic heterocycles. The second-order valence-electron chi connectivity index (χ2n) is 7.14. The van der Waals surface area contributed by atoms with Gasteiger partial charge in [-0.1, -0.05) is 81.0 Å². The molecule has 2 nitrogen and oxygen atoms in total. The normalized spacial score (nSPS) is 11.7. The van der Waals surface area contributed by atoms with Crippen molar-refractivity contribution in [2.75, 3.05) is 6.54 Å². The van der Waals surface area contributed by atoms with Crippen molar-refractivity contribution in [1.29, 1.82) is 5.26 Å². The van der Waals surface area contributed by atoms with Crippen LogP contribution < -0.4 is 0 Å². The molecule has 0 amide bonds. The summed E-state index contributed by atoms with van der Waals surface area (Å²) in [5.41, 5.74) is 8.35. The molecule has 31 heavy (non-hydrogen) atoms. The van der Waals surface area contributed by atoms with Gasteiger partial charge in [-0.05, 0) is 60.1 Å². The van der Waals surface area contributed by atoms with E-state index in [0.29, 0.717) is 6.42 Å². The molecule has 3 rings (SSSR count). The van der Waals surface area contributed by atoms with E-state index in [1.807, 2.05) is 20.8 Å². The molecule has 162 valence electrons. The number of hydrogen-bond donors (Lipinski definition) is 0. The van der Waals surface area contributed by atoms with Gasteiger partial charge in [-0.25, -0.2) is 0 Å². The number of nitriles is 1. The lowest BCUT2D eigenvalue weighted by atomic mass is 10.00. The maximum absolute atomic E-state index is 8.57. The summed E-state index contributed by atoms with van der Waals surface area (Å²) in [6, 6.07) is 19.5. The monoisotopic (exact) mass is 412 g/mol. The minimum absolute atomic E-state index is 0.672. The molecule has 0 fully saturated rings. The van der Waals surface area contributed by atoms with Crippen LogP contribution in [-0.2, 0) is 6.42 Å². The van der Waals surface area contributed by atoms with Crippen LogP contribution in [0.1, 0.15) is 68.7 Å². The van der Waals surface area contributed by atoms with E-state index in [4.69, 9.17) is 10.3 Å². The summed E-state index contributed by atoms with van der Waals surface area (Å²) in [5, 5.41) is 8.57. The molecule has 0 N–H and O–H groups in total. The van der Waals surface area contributed by atoms with Crippen LogP contribution in [0.15, 0.2) is 79.3 Å². The van der Waals surface area contributed by atoms with Gasteiger partial charge in [0.2, 0.25) is 0 Å². The molecule has 0 saturated heterocycles. The summed E-state index contributed by atoms with van der Waals surface area (Å²) in [7, 11) is 0. The van der Waals surface area contributed by atoms with Gasteiger partial charge < -0.3 is 0 Å². The fourth-order valence-corrected chi connectivity index (χ4v) is 3.30. The zero-order valence-corrected chi connectivity index (χ0v) is 19.5. The first-order valence-corrected chi connectivity index (χ1v) is 11.1. The minimum Gasteiger partial charge on any atom is -0.280 e. The van der Waals surface area contributed by atoms with Crippen LogP contribution in [0.5, 0.6) is 0 Å². The summed E-state index contributed by atoms with van der Waals surface area (Å²) in [4.78, 5) is 4.71. The number of benzene rings is 2. The Morgan fingerprint density at radius 2 is 1.55 bits per heavy atom. The molecule has 1 aliphatic rings. The van der Waals surface area contributed by atoms with Crippen molar-refractivity contribution >= 4 is 16.9 Å². The molecule has 1 heterocycles. The molecular formula is C29H36N2. The first-order chi connectivity index (χ1) is 15.2. The number of hydrogen-bond acceptors (Lipinski definition) is 2. The summed E-state index contributed by atoms with van der Waals surface area (Å²) >= 11 is 0. The topological polar surface area (TPSA) is 36.1 Å². The molecule has 0 bridgehead atoms. The van der Waals surface area contributed by atoms with E-state index in [1.165, 1.54) is 22.3 Å². The summed E-state index contributed by atoms with van der Waals surface area (Å²) < 4.78 is 0. The number of aryl methyl sites for hydroxylation is 1. The van der Waals surface area contributed by atoms with Gasteiger partial charge in [0.1, 0.15) is 0 Å². The van der Waals surface area contributed by atoms with E-state index in [1.54, 1.807) is 0 Å². The highest BCUT2D eigenvalue weighted by Crippen LogP contribution is 2.23. The fraction of sp³-hybridized carbons (Fsp3) is 0.310. The zero-order valence-electron chi connectivity index (χ0n) is 19.5. The summed E-state index contributed by atoms with van der Waals surface area (Å²) in [5.74, 6) is 0. The third-order valence-corrected chi connectivity index (χ3v) is 4.98. The van der Waals surface area contributed by atoms with E-state index in [9.17, 15) is 0 Å². The number of nitrogens with zero attached hydrogens (tertiary/aromatic N) is 2. The van der Waals surface area contributed by atoms with Crippen LogP contribution >= 0.6 is 0 Å². The highest BCUT2D eigenvalue weighted by molar-refractivity contribution is 6.15. The van der Waals surface area contributed by atoms with E-state index < -0.39 is 0 Å². The molecule has 2 aromatic carbocycles. The maximum atomic E-state index is 8.57. The minimum atomic E-state index is 0.672. The molecule has 0 atom stereocenters. The van der Waals surface area contributed by atoms with Crippen LogP contribution in [0, 0.1) is 11.3 Å². The van der Waals surface area contributed by atoms with Gasteiger partial charge in [-0.15, -0.1) is 13.2 Å². The van der Waals surface area contributed by atoms with E-state index >= 15 is 0 Å². The fourth-order valence-electron chi connectivity index (χ4n) is 3.30. The Kier molecular flexibility index (Phi) is 12.3. The SMILES string of the molecule is C=C.C=C(C)c1ccc(C2=NCC(c3ccc(CCCCCC#N)cc3)=C2)cc1.CC. The van der Waals surface area contributed by atoms with Gasteiger partial charge >= 0.3 is 0 Å². The standard InChI is InChI=1S/C25H26N2.C2H6.C2H4/c1-19(2)21-12-14-23(15-13-21)25-17-24(18-27-25)22-10-8-20(9-11-22)7-5-3-4-6-16-26;2*1-2/h8-15,17H,1,3-7,18H2,2H3;1-2H3;1-2H2. The van der Waals surface area contributed by atoms with Crippen molar-refractivity contribution in [2.24, 2.45) is 4.99 Å². The lowest BCUT2D eigenvalue weighted by Crippen LogP contribution is -1.94. The van der Waals surface area contributed by atoms with Crippen LogP contribution in [0.25, 0.3) is 11.1 Å². The smallest absolute Gasteiger partial charge is 0.0654 e. The lowest BCUT2D eigenvalue weighted by Gasteiger charge is -2.05. The van der Waals surface area contributed by atoms with Crippen LogP contribution in [0.2, 0.25) is 0 Å². The van der Waals surface area contributed by atoms with Gasteiger partial charge in [-0.2, -0.15) is 5.26 Å². The van der Waals surface area contributed by atoms with Crippen LogP contribution in [-0.4, -0.2) is 12.3 Å². The summed E-state index contributed by atoms with van der Waals surface area (Å²) in [6.45, 7) is 16.8. The molecule has 0 spiro atoms. The van der Waals surface area contributed by atoms with Crippen LogP contribution in [0.4, 0.5) is 0 Å². The van der Waals surface area contributed by atoms with E-state index in [-0.39, 0.29) is 0 Å². The maximum Gasteiger partial charge on any atom is 0.0654 e. The van der Waals surface area contributed by atoms with Crippen molar-refractivity contribution in [3.05, 3.63) is 96.6 Å². The van der Waals surface area contributed by atoms with Gasteiger partial charge in [-0.3, -0.25) is 4.99 Å².